The fraction of sp³-hybridized carbons (Fsp3) is 0.429. The molecule has 1 aliphatic rings. The van der Waals surface area contributed by atoms with E-state index < -0.39 is 11.8 Å². The summed E-state index contributed by atoms with van der Waals surface area (Å²) in [7, 11) is 0. The van der Waals surface area contributed by atoms with Gasteiger partial charge in [-0.1, -0.05) is 24.3 Å². The molecule has 4 heteroatoms. The van der Waals surface area contributed by atoms with Crippen molar-refractivity contribution in [1.82, 2.24) is 0 Å². The van der Waals surface area contributed by atoms with Crippen LogP contribution < -0.4 is 0 Å². The number of carbonyl (C=O) groups excluding carboxylic acids is 2. The topological polar surface area (TPSA) is 52.6 Å². The fourth-order valence-corrected chi connectivity index (χ4v) is 2.33. The Labute approximate surface area is 106 Å². The van der Waals surface area contributed by atoms with Gasteiger partial charge in [-0.05, 0) is 25.0 Å². The number of esters is 2. The Kier molecular flexibility index (Phi) is 3.65. The van der Waals surface area contributed by atoms with Crippen LogP contribution in [0.2, 0.25) is 0 Å². The second-order valence-corrected chi connectivity index (χ2v) is 4.09. The van der Waals surface area contributed by atoms with E-state index in [1.54, 1.807) is 13.8 Å². The lowest BCUT2D eigenvalue weighted by Crippen LogP contribution is -2.37. The summed E-state index contributed by atoms with van der Waals surface area (Å²) < 4.78 is 10.0. The van der Waals surface area contributed by atoms with Crippen molar-refractivity contribution in [3.05, 3.63) is 35.4 Å². The minimum Gasteiger partial charge on any atom is -0.465 e. The van der Waals surface area contributed by atoms with Gasteiger partial charge in [-0.25, -0.2) is 0 Å². The highest BCUT2D eigenvalue weighted by atomic mass is 16.5. The Morgan fingerprint density at radius 3 is 1.67 bits per heavy atom. The van der Waals surface area contributed by atoms with Gasteiger partial charge in [0.1, 0.15) is 0 Å². The first-order valence-corrected chi connectivity index (χ1v) is 6.12. The second kappa shape index (κ2) is 5.21. The first kappa shape index (κ1) is 12.6. The van der Waals surface area contributed by atoms with E-state index in [4.69, 9.17) is 9.47 Å². The second-order valence-electron chi connectivity index (χ2n) is 4.09. The van der Waals surface area contributed by atoms with Crippen LogP contribution in [0.25, 0.3) is 0 Å². The third kappa shape index (κ3) is 1.98. The van der Waals surface area contributed by atoms with E-state index in [2.05, 4.69) is 0 Å². The molecule has 96 valence electrons. The van der Waals surface area contributed by atoms with Crippen molar-refractivity contribution in [1.29, 1.82) is 0 Å². The van der Waals surface area contributed by atoms with Crippen molar-refractivity contribution in [2.75, 3.05) is 13.2 Å². The smallest absolute Gasteiger partial charge is 0.314 e. The molecule has 0 spiro atoms. The van der Waals surface area contributed by atoms with Crippen molar-refractivity contribution in [3.63, 3.8) is 0 Å². The molecule has 0 heterocycles. The van der Waals surface area contributed by atoms with Gasteiger partial charge in [0.2, 0.25) is 0 Å². The molecule has 0 aromatic heterocycles. The maximum absolute atomic E-state index is 11.9. The van der Waals surface area contributed by atoms with Crippen LogP contribution in [0, 0.1) is 0 Å². The Bertz CT molecular complexity index is 424. The highest BCUT2D eigenvalue weighted by Gasteiger charge is 2.48. The van der Waals surface area contributed by atoms with Gasteiger partial charge in [0, 0.05) is 0 Å². The predicted molar refractivity (Wildman–Crippen MR) is 65.2 cm³/mol. The van der Waals surface area contributed by atoms with Gasteiger partial charge in [0.25, 0.3) is 0 Å². The summed E-state index contributed by atoms with van der Waals surface area (Å²) in [5.74, 6) is -1.73. The first-order valence-electron chi connectivity index (χ1n) is 6.12. The van der Waals surface area contributed by atoms with Crippen LogP contribution in [0.3, 0.4) is 0 Å². The SMILES string of the molecule is CCOC(=O)[C@@H]1c2ccccc2[C@@H]1C(=O)OCC. The van der Waals surface area contributed by atoms with E-state index in [0.717, 1.165) is 11.1 Å². The summed E-state index contributed by atoms with van der Waals surface area (Å²) in [6.45, 7) is 4.13. The molecule has 1 aromatic rings. The van der Waals surface area contributed by atoms with Gasteiger partial charge in [0.15, 0.2) is 0 Å². The maximum atomic E-state index is 11.9. The van der Waals surface area contributed by atoms with E-state index in [-0.39, 0.29) is 11.9 Å². The summed E-state index contributed by atoms with van der Waals surface area (Å²) in [6.07, 6.45) is 0. The van der Waals surface area contributed by atoms with Crippen molar-refractivity contribution in [3.8, 4) is 0 Å². The van der Waals surface area contributed by atoms with Gasteiger partial charge in [-0.3, -0.25) is 9.59 Å². The van der Waals surface area contributed by atoms with Crippen LogP contribution in [0.4, 0.5) is 0 Å². The molecule has 0 aliphatic heterocycles. The summed E-state index contributed by atoms with van der Waals surface area (Å²) in [4.78, 5) is 23.8. The van der Waals surface area contributed by atoms with Gasteiger partial charge >= 0.3 is 11.9 Å². The van der Waals surface area contributed by atoms with Gasteiger partial charge < -0.3 is 9.47 Å². The Hall–Kier alpha value is -1.84. The lowest BCUT2D eigenvalue weighted by Gasteiger charge is -2.35. The molecule has 0 saturated heterocycles. The molecule has 0 radical (unpaired) electrons. The molecule has 0 unspecified atom stereocenters. The molecule has 1 aliphatic carbocycles. The Morgan fingerprint density at radius 2 is 1.33 bits per heavy atom. The van der Waals surface area contributed by atoms with Gasteiger partial charge in [-0.15, -0.1) is 0 Å². The van der Waals surface area contributed by atoms with E-state index in [1.165, 1.54) is 0 Å². The van der Waals surface area contributed by atoms with Gasteiger partial charge in [0.05, 0.1) is 25.0 Å². The third-order valence-electron chi connectivity index (χ3n) is 3.08. The average Bonchev–Trinajstić information content (AvgIpc) is 2.31. The minimum atomic E-state index is -0.514. The largest absolute Gasteiger partial charge is 0.465 e. The molecule has 0 N–H and O–H groups in total. The standard InChI is InChI=1S/C14H16O4/c1-3-17-13(15)11-9-7-5-6-8-10(9)12(11)14(16)18-4-2/h5-8,11-12H,3-4H2,1-2H3/t11-,12+. The van der Waals surface area contributed by atoms with Crippen LogP contribution in [-0.4, -0.2) is 25.2 Å². The van der Waals surface area contributed by atoms with Crippen molar-refractivity contribution >= 4 is 11.9 Å². The molecular formula is C14H16O4. The maximum Gasteiger partial charge on any atom is 0.314 e. The van der Waals surface area contributed by atoms with Crippen LogP contribution in [0.1, 0.15) is 36.8 Å². The first-order chi connectivity index (χ1) is 8.70. The van der Waals surface area contributed by atoms with Crippen LogP contribution in [0.5, 0.6) is 0 Å². The van der Waals surface area contributed by atoms with Crippen LogP contribution in [0.15, 0.2) is 24.3 Å². The zero-order valence-electron chi connectivity index (χ0n) is 10.5. The number of benzene rings is 1. The van der Waals surface area contributed by atoms with E-state index in [0.29, 0.717) is 13.2 Å². The fourth-order valence-electron chi connectivity index (χ4n) is 2.33. The van der Waals surface area contributed by atoms with Crippen molar-refractivity contribution in [2.45, 2.75) is 25.7 Å². The number of hydrogen-bond acceptors (Lipinski definition) is 4. The molecule has 4 nitrogen and oxygen atoms in total. The number of carbonyl (C=O) groups is 2. The molecule has 2 rings (SSSR count). The minimum absolute atomic E-state index is 0.313. The number of hydrogen-bond donors (Lipinski definition) is 0. The number of ether oxygens (including phenoxy) is 2. The zero-order valence-corrected chi connectivity index (χ0v) is 10.5. The lowest BCUT2D eigenvalue weighted by molar-refractivity contribution is -0.155. The zero-order chi connectivity index (χ0) is 13.1. The molecular weight excluding hydrogens is 232 g/mol. The Balaban J connectivity index is 2.27. The average molecular weight is 248 g/mol. The molecule has 18 heavy (non-hydrogen) atoms. The van der Waals surface area contributed by atoms with E-state index in [9.17, 15) is 9.59 Å². The molecule has 1 aromatic carbocycles. The Morgan fingerprint density at radius 1 is 0.944 bits per heavy atom. The monoisotopic (exact) mass is 248 g/mol. The molecule has 0 saturated carbocycles. The summed E-state index contributed by atoms with van der Waals surface area (Å²) in [6, 6.07) is 7.41. The normalized spacial score (nSPS) is 20.6. The molecule has 0 fully saturated rings. The highest BCUT2D eigenvalue weighted by Crippen LogP contribution is 2.47. The van der Waals surface area contributed by atoms with Crippen molar-refractivity contribution < 1.29 is 19.1 Å². The molecule has 2 atom stereocenters. The summed E-state index contributed by atoms with van der Waals surface area (Å²) >= 11 is 0. The number of fused-ring (bicyclic) bond motifs is 1. The van der Waals surface area contributed by atoms with Gasteiger partial charge in [-0.2, -0.15) is 0 Å². The third-order valence-corrected chi connectivity index (χ3v) is 3.08. The predicted octanol–water partition coefficient (Wildman–Crippen LogP) is 1.99. The van der Waals surface area contributed by atoms with E-state index in [1.807, 2.05) is 24.3 Å². The molecule has 0 bridgehead atoms. The quantitative estimate of drug-likeness (QED) is 0.765. The summed E-state index contributed by atoms with van der Waals surface area (Å²) in [5, 5.41) is 0. The number of rotatable bonds is 4. The van der Waals surface area contributed by atoms with E-state index >= 15 is 0 Å². The lowest BCUT2D eigenvalue weighted by atomic mass is 9.68. The van der Waals surface area contributed by atoms with Crippen molar-refractivity contribution in [2.24, 2.45) is 0 Å². The molecule has 0 amide bonds. The van der Waals surface area contributed by atoms with Crippen LogP contribution >= 0.6 is 0 Å². The highest BCUT2D eigenvalue weighted by molar-refractivity contribution is 5.95. The van der Waals surface area contributed by atoms with Crippen LogP contribution in [-0.2, 0) is 19.1 Å². The summed E-state index contributed by atoms with van der Waals surface area (Å²) in [5.41, 5.74) is 1.74.